The third-order valence-electron chi connectivity index (χ3n) is 4.17. The molecule has 0 aliphatic carbocycles. The minimum atomic E-state index is 0.686. The van der Waals surface area contributed by atoms with Crippen molar-refractivity contribution in [2.45, 2.75) is 33.1 Å². The lowest BCUT2D eigenvalue weighted by Gasteiger charge is -2.33. The van der Waals surface area contributed by atoms with Crippen molar-refractivity contribution in [3.05, 3.63) is 41.3 Å². The largest absolute Gasteiger partial charge is 0.356 e. The quantitative estimate of drug-likeness (QED) is 0.932. The maximum Gasteiger partial charge on any atom is 0.128 e. The van der Waals surface area contributed by atoms with Crippen LogP contribution in [0.1, 0.15) is 29.7 Å². The molecule has 1 fully saturated rings. The predicted molar refractivity (Wildman–Crippen MR) is 80.9 cm³/mol. The fraction of sp³-hybridized carbons (Fsp3) is 0.500. The molecule has 2 aromatic rings. The summed E-state index contributed by atoms with van der Waals surface area (Å²) in [5.41, 5.74) is 3.78. The van der Waals surface area contributed by atoms with E-state index in [0.29, 0.717) is 5.92 Å². The number of piperidine rings is 1. The van der Waals surface area contributed by atoms with Crippen molar-refractivity contribution in [1.82, 2.24) is 15.2 Å². The number of pyridine rings is 1. The Balaban J connectivity index is 1.67. The molecule has 3 rings (SSSR count). The SMILES string of the molecule is Cc1ccc(N2CCCC(Cc3[nH]ncc3C)C2)nc1. The van der Waals surface area contributed by atoms with Crippen molar-refractivity contribution < 1.29 is 0 Å². The second-order valence-corrected chi connectivity index (χ2v) is 5.88. The lowest BCUT2D eigenvalue weighted by Crippen LogP contribution is -2.36. The van der Waals surface area contributed by atoms with E-state index in [1.54, 1.807) is 0 Å². The fourth-order valence-electron chi connectivity index (χ4n) is 2.96. The van der Waals surface area contributed by atoms with Crippen LogP contribution in [0, 0.1) is 19.8 Å². The van der Waals surface area contributed by atoms with Gasteiger partial charge in [0.05, 0.1) is 6.20 Å². The number of hydrogen-bond donors (Lipinski definition) is 1. The van der Waals surface area contributed by atoms with Gasteiger partial charge in [-0.1, -0.05) is 6.07 Å². The standard InChI is InChI=1S/C16H22N4/c1-12-5-6-16(17-9-12)20-7-3-4-14(11-20)8-15-13(2)10-18-19-15/h5-6,9-10,14H,3-4,7-8,11H2,1-2H3,(H,18,19). The highest BCUT2D eigenvalue weighted by Crippen LogP contribution is 2.24. The number of aryl methyl sites for hydroxylation is 2. The van der Waals surface area contributed by atoms with E-state index in [-0.39, 0.29) is 0 Å². The highest BCUT2D eigenvalue weighted by Gasteiger charge is 2.22. The molecule has 20 heavy (non-hydrogen) atoms. The lowest BCUT2D eigenvalue weighted by atomic mass is 9.92. The van der Waals surface area contributed by atoms with Crippen molar-refractivity contribution in [3.8, 4) is 0 Å². The number of nitrogens with one attached hydrogen (secondary N) is 1. The van der Waals surface area contributed by atoms with E-state index in [0.717, 1.165) is 25.3 Å². The average molecular weight is 270 g/mol. The Labute approximate surface area is 120 Å². The molecule has 2 aromatic heterocycles. The van der Waals surface area contributed by atoms with Gasteiger partial charge >= 0.3 is 0 Å². The van der Waals surface area contributed by atoms with Gasteiger partial charge in [0.1, 0.15) is 5.82 Å². The van der Waals surface area contributed by atoms with E-state index in [1.807, 2.05) is 12.4 Å². The van der Waals surface area contributed by atoms with Crippen LogP contribution in [0.3, 0.4) is 0 Å². The number of aromatic amines is 1. The van der Waals surface area contributed by atoms with Gasteiger partial charge in [-0.2, -0.15) is 5.10 Å². The molecule has 3 heterocycles. The molecule has 4 nitrogen and oxygen atoms in total. The Morgan fingerprint density at radius 1 is 1.30 bits per heavy atom. The lowest BCUT2D eigenvalue weighted by molar-refractivity contribution is 0.407. The molecule has 1 N–H and O–H groups in total. The maximum atomic E-state index is 4.56. The minimum Gasteiger partial charge on any atom is -0.356 e. The van der Waals surface area contributed by atoms with Crippen LogP contribution >= 0.6 is 0 Å². The molecule has 0 spiro atoms. The van der Waals surface area contributed by atoms with Gasteiger partial charge in [0, 0.05) is 25.0 Å². The summed E-state index contributed by atoms with van der Waals surface area (Å²) in [6, 6.07) is 4.28. The Bertz CT molecular complexity index is 558. The number of nitrogens with zero attached hydrogens (tertiary/aromatic N) is 3. The first-order valence-corrected chi connectivity index (χ1v) is 7.39. The van der Waals surface area contributed by atoms with Crippen molar-refractivity contribution in [1.29, 1.82) is 0 Å². The number of anilines is 1. The Kier molecular flexibility index (Phi) is 3.72. The van der Waals surface area contributed by atoms with Crippen LogP contribution in [0.25, 0.3) is 0 Å². The molecule has 0 saturated carbocycles. The van der Waals surface area contributed by atoms with Crippen LogP contribution in [-0.2, 0) is 6.42 Å². The van der Waals surface area contributed by atoms with E-state index in [4.69, 9.17) is 0 Å². The Hall–Kier alpha value is -1.84. The molecule has 0 amide bonds. The Morgan fingerprint density at radius 2 is 2.20 bits per heavy atom. The molecule has 0 bridgehead atoms. The topological polar surface area (TPSA) is 44.8 Å². The summed E-state index contributed by atoms with van der Waals surface area (Å²) in [7, 11) is 0. The zero-order valence-electron chi connectivity index (χ0n) is 12.3. The van der Waals surface area contributed by atoms with Crippen LogP contribution < -0.4 is 4.90 Å². The highest BCUT2D eigenvalue weighted by atomic mass is 15.2. The first-order valence-electron chi connectivity index (χ1n) is 7.39. The molecule has 1 aliphatic heterocycles. The fourth-order valence-corrected chi connectivity index (χ4v) is 2.96. The van der Waals surface area contributed by atoms with Crippen LogP contribution in [0.2, 0.25) is 0 Å². The van der Waals surface area contributed by atoms with E-state index in [2.05, 4.69) is 46.1 Å². The van der Waals surface area contributed by atoms with Gasteiger partial charge in [0.2, 0.25) is 0 Å². The average Bonchev–Trinajstić information content (AvgIpc) is 2.85. The summed E-state index contributed by atoms with van der Waals surface area (Å²) in [6.07, 6.45) is 7.50. The van der Waals surface area contributed by atoms with Gasteiger partial charge in [-0.15, -0.1) is 0 Å². The molecule has 1 atom stereocenters. The second-order valence-electron chi connectivity index (χ2n) is 5.88. The smallest absolute Gasteiger partial charge is 0.128 e. The van der Waals surface area contributed by atoms with Crippen LogP contribution in [0.5, 0.6) is 0 Å². The molecule has 4 heteroatoms. The van der Waals surface area contributed by atoms with E-state index in [9.17, 15) is 0 Å². The van der Waals surface area contributed by atoms with Crippen molar-refractivity contribution >= 4 is 5.82 Å². The van der Waals surface area contributed by atoms with Gasteiger partial charge < -0.3 is 4.90 Å². The minimum absolute atomic E-state index is 0.686. The summed E-state index contributed by atoms with van der Waals surface area (Å²) in [5, 5.41) is 7.25. The summed E-state index contributed by atoms with van der Waals surface area (Å²) < 4.78 is 0. The van der Waals surface area contributed by atoms with Gasteiger partial charge in [-0.3, -0.25) is 5.10 Å². The van der Waals surface area contributed by atoms with Crippen molar-refractivity contribution in [2.24, 2.45) is 5.92 Å². The van der Waals surface area contributed by atoms with E-state index >= 15 is 0 Å². The normalized spacial score (nSPS) is 19.3. The van der Waals surface area contributed by atoms with Crippen LogP contribution in [-0.4, -0.2) is 28.3 Å². The summed E-state index contributed by atoms with van der Waals surface area (Å²) in [5.74, 6) is 1.80. The van der Waals surface area contributed by atoms with Crippen LogP contribution in [0.4, 0.5) is 5.82 Å². The number of hydrogen-bond acceptors (Lipinski definition) is 3. The predicted octanol–water partition coefficient (Wildman–Crippen LogP) is 2.88. The summed E-state index contributed by atoms with van der Waals surface area (Å²) in [4.78, 5) is 6.97. The number of H-pyrrole nitrogens is 1. The molecule has 0 radical (unpaired) electrons. The van der Waals surface area contributed by atoms with Gasteiger partial charge in [0.15, 0.2) is 0 Å². The first-order chi connectivity index (χ1) is 9.72. The third kappa shape index (κ3) is 2.84. The van der Waals surface area contributed by atoms with Gasteiger partial charge in [-0.05, 0) is 56.2 Å². The zero-order chi connectivity index (χ0) is 13.9. The molecule has 1 aliphatic rings. The zero-order valence-corrected chi connectivity index (χ0v) is 12.3. The molecular formula is C16H22N4. The molecule has 1 saturated heterocycles. The van der Waals surface area contributed by atoms with Gasteiger partial charge in [0.25, 0.3) is 0 Å². The second kappa shape index (κ2) is 5.65. The molecule has 1 unspecified atom stereocenters. The number of aromatic nitrogens is 3. The Morgan fingerprint density at radius 3 is 2.90 bits per heavy atom. The molecule has 106 valence electrons. The maximum absolute atomic E-state index is 4.56. The molecule has 0 aromatic carbocycles. The third-order valence-corrected chi connectivity index (χ3v) is 4.17. The highest BCUT2D eigenvalue weighted by molar-refractivity contribution is 5.39. The summed E-state index contributed by atoms with van der Waals surface area (Å²) >= 11 is 0. The number of rotatable bonds is 3. The van der Waals surface area contributed by atoms with E-state index in [1.165, 1.54) is 29.7 Å². The van der Waals surface area contributed by atoms with Gasteiger partial charge in [-0.25, -0.2) is 4.98 Å². The van der Waals surface area contributed by atoms with Crippen molar-refractivity contribution in [2.75, 3.05) is 18.0 Å². The first kappa shape index (κ1) is 13.2. The van der Waals surface area contributed by atoms with Crippen molar-refractivity contribution in [3.63, 3.8) is 0 Å². The summed E-state index contributed by atoms with van der Waals surface area (Å²) in [6.45, 7) is 6.42. The monoisotopic (exact) mass is 270 g/mol. The molecular weight excluding hydrogens is 248 g/mol. The van der Waals surface area contributed by atoms with E-state index < -0.39 is 0 Å². The van der Waals surface area contributed by atoms with Crippen LogP contribution in [0.15, 0.2) is 24.5 Å².